The summed E-state index contributed by atoms with van der Waals surface area (Å²) in [4.78, 5) is 130. The van der Waals surface area contributed by atoms with Gasteiger partial charge in [0, 0.05) is 82.9 Å². The summed E-state index contributed by atoms with van der Waals surface area (Å²) in [5.74, 6) is -4.80. The minimum absolute atomic E-state index is 0.0326. The maximum atomic E-state index is 14.8. The van der Waals surface area contributed by atoms with Crippen LogP contribution >= 0.6 is 0 Å². The smallest absolute Gasteiger partial charge is 0.329 e. The van der Waals surface area contributed by atoms with Gasteiger partial charge in [-0.25, -0.2) is 4.79 Å². The molecule has 2 aromatic carbocycles. The van der Waals surface area contributed by atoms with Gasteiger partial charge in [0.15, 0.2) is 0 Å². The lowest BCUT2D eigenvalue weighted by Crippen LogP contribution is -2.60. The van der Waals surface area contributed by atoms with E-state index in [0.29, 0.717) is 58.0 Å². The molecule has 0 unspecified atom stereocenters. The molecule has 1 aromatic heterocycles. The molecule has 21 heteroatoms. The molecule has 8 amide bonds. The average molecular weight is 1150 g/mol. The van der Waals surface area contributed by atoms with E-state index < -0.39 is 66.1 Å². The van der Waals surface area contributed by atoms with Crippen molar-refractivity contribution < 1.29 is 57.4 Å². The number of likely N-dealkylation sites (tertiary alicyclic amines) is 1. The number of hydrogen-bond donors (Lipinski definition) is 5. The number of hydrazine groups is 1. The minimum Gasteiger partial charge on any atom is -0.459 e. The van der Waals surface area contributed by atoms with Crippen molar-refractivity contribution >= 4 is 64.1 Å². The Labute approximate surface area is 489 Å². The van der Waals surface area contributed by atoms with Crippen LogP contribution in [0.4, 0.5) is 0 Å². The highest BCUT2D eigenvalue weighted by molar-refractivity contribution is 6.12. The van der Waals surface area contributed by atoms with Crippen molar-refractivity contribution in [1.29, 1.82) is 0 Å². The Balaban J connectivity index is 1.17. The predicted molar refractivity (Wildman–Crippen MR) is 314 cm³/mol. The zero-order chi connectivity index (χ0) is 60.9. The number of ether oxygens (including phenoxy) is 3. The highest BCUT2D eigenvalue weighted by atomic mass is 16.5. The van der Waals surface area contributed by atoms with Gasteiger partial charge in [-0.1, -0.05) is 110 Å². The number of fused-ring (bicyclic) bond motifs is 1. The first-order chi connectivity index (χ1) is 39.6. The van der Waals surface area contributed by atoms with E-state index in [2.05, 4.69) is 26.5 Å². The van der Waals surface area contributed by atoms with Gasteiger partial charge in [0.1, 0.15) is 18.7 Å². The van der Waals surface area contributed by atoms with Crippen LogP contribution in [0.15, 0.2) is 72.9 Å². The molecule has 0 saturated carbocycles. The predicted octanol–water partition coefficient (Wildman–Crippen LogP) is 5.37. The first-order valence-corrected chi connectivity index (χ1v) is 29.4. The molecule has 0 spiro atoms. The van der Waals surface area contributed by atoms with Gasteiger partial charge >= 0.3 is 5.97 Å². The van der Waals surface area contributed by atoms with E-state index in [-0.39, 0.29) is 92.0 Å². The van der Waals surface area contributed by atoms with Crippen LogP contribution in [0.3, 0.4) is 0 Å². The lowest BCUT2D eigenvalue weighted by molar-refractivity contribution is -0.151. The number of H-pyrrole nitrogens is 1. The Kier molecular flexibility index (Phi) is 26.4. The fraction of sp³-hybridized carbons (Fsp3) is 0.597. The number of hydrogen-bond acceptors (Lipinski definition) is 13. The van der Waals surface area contributed by atoms with E-state index in [0.717, 1.165) is 26.9 Å². The standard InChI is InChI=1S/C62H91N9O12/c1-12-41(6)57(69(9)61(79)55(39(2)3)65-60(78)56(40(4)5)68(8)32-22-29-51(73)67-66-50(72)28-17-14-20-33-71-52(74)30-31-53(71)75)49(81-10)36-54(76)70-34-21-27-48(70)58(82-11)42(7)59(77)64-47(62(80)83-38-43-23-15-13-16-24-43)35-44-37-63-46-26-19-18-25-45(44)46/h13,15-16,18-19,23-26,30-31,37,39-42,47-49,55-58,63H,12,14,17,20-22,27-29,32-36,38H2,1-11H3,(H,64,77)(H,65,78)(H,66,72)(H,67,73)/t41-,42+,47-,48-,49+,55-,56-,57-,58+/m0/s1. The van der Waals surface area contributed by atoms with E-state index in [1.165, 1.54) is 26.4 Å². The van der Waals surface area contributed by atoms with Gasteiger partial charge in [-0.05, 0) is 80.6 Å². The highest BCUT2D eigenvalue weighted by Crippen LogP contribution is 2.30. The number of nitrogens with zero attached hydrogens (tertiary/aromatic N) is 4. The number of carbonyl (C=O) groups is 9. The summed E-state index contributed by atoms with van der Waals surface area (Å²) in [5.41, 5.74) is 7.41. The van der Waals surface area contributed by atoms with E-state index in [9.17, 15) is 43.2 Å². The third kappa shape index (κ3) is 18.8. The number of likely N-dealkylation sites (N-methyl/N-ethyl adjacent to an activating group) is 2. The molecule has 1 fully saturated rings. The van der Waals surface area contributed by atoms with Crippen LogP contribution in [0, 0.1) is 23.7 Å². The summed E-state index contributed by atoms with van der Waals surface area (Å²) in [6.07, 6.45) is 7.09. The third-order valence-corrected chi connectivity index (χ3v) is 16.2. The number of amides is 8. The topological polar surface area (TPSA) is 258 Å². The second kappa shape index (κ2) is 32.8. The van der Waals surface area contributed by atoms with Gasteiger partial charge in [-0.3, -0.25) is 59.0 Å². The summed E-state index contributed by atoms with van der Waals surface area (Å²) in [7, 11) is 6.51. The number of aromatic amines is 1. The summed E-state index contributed by atoms with van der Waals surface area (Å²) in [6.45, 7) is 14.4. The Hall–Kier alpha value is -6.97. The van der Waals surface area contributed by atoms with Crippen molar-refractivity contribution in [3.63, 3.8) is 0 Å². The van der Waals surface area contributed by atoms with E-state index in [4.69, 9.17) is 14.2 Å². The van der Waals surface area contributed by atoms with Crippen LogP contribution in [0.2, 0.25) is 0 Å². The maximum Gasteiger partial charge on any atom is 0.329 e. The summed E-state index contributed by atoms with van der Waals surface area (Å²) in [5, 5.41) is 6.96. The molecule has 9 atom stereocenters. The van der Waals surface area contributed by atoms with Gasteiger partial charge in [-0.2, -0.15) is 0 Å². The Morgan fingerprint density at radius 1 is 0.771 bits per heavy atom. The van der Waals surface area contributed by atoms with Gasteiger partial charge in [-0.15, -0.1) is 0 Å². The summed E-state index contributed by atoms with van der Waals surface area (Å²) >= 11 is 0. The Morgan fingerprint density at radius 3 is 2.05 bits per heavy atom. The van der Waals surface area contributed by atoms with Crippen LogP contribution < -0.4 is 21.5 Å². The average Bonchev–Trinajstić information content (AvgIpc) is 4.21. The molecule has 0 radical (unpaired) electrons. The first-order valence-electron chi connectivity index (χ1n) is 29.4. The fourth-order valence-electron chi connectivity index (χ4n) is 11.4. The molecular formula is C62H91N9O12. The van der Waals surface area contributed by atoms with Crippen LogP contribution in [0.25, 0.3) is 10.9 Å². The normalized spacial score (nSPS) is 17.3. The number of esters is 1. The molecule has 21 nitrogen and oxygen atoms in total. The minimum atomic E-state index is -1.03. The van der Waals surface area contributed by atoms with Crippen LogP contribution in [0.5, 0.6) is 0 Å². The molecule has 5 rings (SSSR count). The number of carbonyl (C=O) groups excluding carboxylic acids is 9. The lowest BCUT2D eigenvalue weighted by atomic mass is 9.89. The molecule has 83 heavy (non-hydrogen) atoms. The number of rotatable bonds is 33. The number of imide groups is 1. The molecule has 2 aliphatic rings. The van der Waals surface area contributed by atoms with Gasteiger partial charge in [0.2, 0.25) is 35.4 Å². The largest absolute Gasteiger partial charge is 0.459 e. The molecule has 0 aliphatic carbocycles. The van der Waals surface area contributed by atoms with Gasteiger partial charge in [0.25, 0.3) is 11.8 Å². The van der Waals surface area contributed by atoms with Crippen LogP contribution in [0.1, 0.15) is 124 Å². The molecule has 2 aliphatic heterocycles. The van der Waals surface area contributed by atoms with Crippen molar-refractivity contribution in [2.24, 2.45) is 23.7 Å². The van der Waals surface area contributed by atoms with E-state index in [1.807, 2.05) is 107 Å². The number of methoxy groups -OCH3 is 2. The molecule has 3 heterocycles. The fourth-order valence-corrected chi connectivity index (χ4v) is 11.4. The van der Waals surface area contributed by atoms with Crippen LogP contribution in [-0.2, 0) is 70.4 Å². The molecule has 1 saturated heterocycles. The number of unbranched alkanes of at least 4 members (excludes halogenated alkanes) is 2. The molecule has 0 bridgehead atoms. The Bertz CT molecular complexity index is 2680. The van der Waals surface area contributed by atoms with Crippen molar-refractivity contribution in [2.75, 3.05) is 47.9 Å². The maximum absolute atomic E-state index is 14.8. The van der Waals surface area contributed by atoms with Crippen molar-refractivity contribution in [3.8, 4) is 0 Å². The van der Waals surface area contributed by atoms with Gasteiger partial charge < -0.3 is 39.6 Å². The van der Waals surface area contributed by atoms with E-state index in [1.54, 1.807) is 30.8 Å². The summed E-state index contributed by atoms with van der Waals surface area (Å²) in [6, 6.07) is 13.4. The SMILES string of the molecule is CC[C@H](C)[C@@H]([C@@H](CC(=O)N1CCC[C@H]1[C@H](OC)[C@@H](C)C(=O)N[C@@H](Cc1c[nH]c2ccccc12)C(=O)OCc1ccccc1)OC)N(C)C(=O)[C@@H](NC(=O)[C@H](C(C)C)N(C)CCCC(=O)NNC(=O)CCCCCN1C(=O)C=CC1=O)C(C)C. The monoisotopic (exact) mass is 1150 g/mol. The molecule has 456 valence electrons. The lowest BCUT2D eigenvalue weighted by Gasteiger charge is -2.41. The quantitative estimate of drug-likeness (QED) is 0.0223. The highest BCUT2D eigenvalue weighted by Gasteiger charge is 2.44. The van der Waals surface area contributed by atoms with Crippen molar-refractivity contribution in [3.05, 3.63) is 84.1 Å². The Morgan fingerprint density at radius 2 is 1.42 bits per heavy atom. The van der Waals surface area contributed by atoms with Crippen LogP contribution in [-0.4, -0.2) is 168 Å². The van der Waals surface area contributed by atoms with Crippen molar-refractivity contribution in [2.45, 2.75) is 168 Å². The summed E-state index contributed by atoms with van der Waals surface area (Å²) < 4.78 is 18.0. The second-order valence-electron chi connectivity index (χ2n) is 22.9. The number of benzene rings is 2. The van der Waals surface area contributed by atoms with Crippen molar-refractivity contribution in [1.82, 2.24) is 46.1 Å². The zero-order valence-corrected chi connectivity index (χ0v) is 50.6. The third-order valence-electron chi connectivity index (χ3n) is 16.2. The molecule has 5 N–H and O–H groups in total. The number of aromatic nitrogens is 1. The molecular weight excluding hydrogens is 1060 g/mol. The number of para-hydroxylation sites is 1. The number of nitrogens with one attached hydrogen (secondary N) is 5. The van der Waals surface area contributed by atoms with E-state index >= 15 is 0 Å². The molecule has 3 aromatic rings. The first kappa shape index (κ1) is 66.8. The zero-order valence-electron chi connectivity index (χ0n) is 50.6. The van der Waals surface area contributed by atoms with Gasteiger partial charge in [0.05, 0.1) is 42.7 Å². The second-order valence-corrected chi connectivity index (χ2v) is 22.9.